The van der Waals surface area contributed by atoms with Gasteiger partial charge in [0, 0.05) is 0 Å². The number of amides is 10. The Morgan fingerprint density at radius 1 is 0.286 bits per heavy atom. The van der Waals surface area contributed by atoms with E-state index < -0.39 is 132 Å². The normalized spacial score (nSPS) is 16.6. The summed E-state index contributed by atoms with van der Waals surface area (Å²) in [6.45, 7) is 14.7. The van der Waals surface area contributed by atoms with Crippen LogP contribution in [0, 0.1) is 0 Å². The van der Waals surface area contributed by atoms with E-state index in [-0.39, 0.29) is 0 Å². The first-order valence-electron chi connectivity index (χ1n) is 17.7. The molecule has 10 amide bonds. The van der Waals surface area contributed by atoms with Crippen LogP contribution in [0.1, 0.15) is 76.2 Å². The van der Waals surface area contributed by atoms with Gasteiger partial charge < -0.3 is 64.0 Å². The summed E-state index contributed by atoms with van der Waals surface area (Å²) in [5.41, 5.74) is 5.46. The topological polar surface area (TPSA) is 354 Å². The fourth-order valence-corrected chi connectivity index (χ4v) is 4.04. The molecule has 0 rings (SSSR count). The molecule has 0 spiro atoms. The lowest BCUT2D eigenvalue weighted by Gasteiger charge is -2.23. The fraction of sp³-hybridized carbons (Fsp3) is 0.667. The van der Waals surface area contributed by atoms with E-state index in [4.69, 9.17) is 10.8 Å². The van der Waals surface area contributed by atoms with Crippen LogP contribution in [0.5, 0.6) is 0 Å². The zero-order valence-electron chi connectivity index (χ0n) is 33.4. The third kappa shape index (κ3) is 17.5. The maximum absolute atomic E-state index is 12.7. The van der Waals surface area contributed by atoms with Gasteiger partial charge in [-0.2, -0.15) is 0 Å². The molecule has 0 saturated heterocycles. The van der Waals surface area contributed by atoms with Crippen molar-refractivity contribution in [3.05, 3.63) is 0 Å². The third-order valence-corrected chi connectivity index (χ3v) is 7.91. The van der Waals surface area contributed by atoms with E-state index >= 15 is 0 Å². The van der Waals surface area contributed by atoms with Gasteiger partial charge in [-0.25, -0.2) is 0 Å². The van der Waals surface area contributed by atoms with Crippen molar-refractivity contribution in [1.29, 1.82) is 0 Å². The molecule has 11 atom stereocenters. The minimum atomic E-state index is -1.27. The Labute approximate surface area is 324 Å². The van der Waals surface area contributed by atoms with Gasteiger partial charge in [-0.15, -0.1) is 0 Å². The maximum Gasteiger partial charge on any atom is 0.325 e. The number of hydrogen-bond donors (Lipinski definition) is 12. The molecule has 0 aliphatic carbocycles. The highest BCUT2D eigenvalue weighted by atomic mass is 16.4. The largest absolute Gasteiger partial charge is 0.480 e. The van der Waals surface area contributed by atoms with E-state index in [1.165, 1.54) is 76.2 Å². The van der Waals surface area contributed by atoms with Crippen LogP contribution < -0.4 is 58.9 Å². The average molecular weight is 800 g/mol. The molecule has 0 radical (unpaired) electrons. The zero-order chi connectivity index (χ0) is 43.8. The number of carbonyl (C=O) groups is 11. The number of carbonyl (C=O) groups excluding carboxylic acids is 10. The van der Waals surface area contributed by atoms with Gasteiger partial charge in [0.05, 0.1) is 6.04 Å². The van der Waals surface area contributed by atoms with Crippen LogP contribution in [0.2, 0.25) is 0 Å². The number of nitrogens with two attached hydrogens (primary N) is 1. The summed E-state index contributed by atoms with van der Waals surface area (Å²) in [4.78, 5) is 135. The first-order chi connectivity index (χ1) is 25.7. The molecule has 23 heteroatoms. The van der Waals surface area contributed by atoms with Crippen molar-refractivity contribution in [2.75, 3.05) is 0 Å². The minimum absolute atomic E-state index is 0.567. The zero-order valence-corrected chi connectivity index (χ0v) is 33.4. The van der Waals surface area contributed by atoms with E-state index in [1.807, 2.05) is 0 Å². The number of carboxylic acids is 1. The molecule has 13 N–H and O–H groups in total. The summed E-state index contributed by atoms with van der Waals surface area (Å²) in [6, 6.07) is -12.4. The van der Waals surface area contributed by atoms with Gasteiger partial charge in [0.1, 0.15) is 60.4 Å². The SMILES string of the molecule is C[C@H](NC(=O)[C@H](C)NC(=O)[C@H](C)NC(=O)[C@H](C)NC(=O)[C@H](C)NC(=O)[C@@H](C)N)C(=O)N[C@@H](C)C(=O)N[C@@H](C)C(=O)N[C@@H](C)C(=O)N[C@H](C)C(=O)N[C@H](C)C(=O)O. The number of rotatable bonds is 21. The lowest BCUT2D eigenvalue weighted by Crippen LogP contribution is -2.58. The highest BCUT2D eigenvalue weighted by Crippen LogP contribution is 1.97. The summed E-state index contributed by atoms with van der Waals surface area (Å²) in [5, 5.41) is 32.5. The molecule has 0 aliphatic heterocycles. The van der Waals surface area contributed by atoms with E-state index in [2.05, 4.69) is 53.2 Å². The second-order valence-corrected chi connectivity index (χ2v) is 13.4. The Kier molecular flexibility index (Phi) is 20.7. The van der Waals surface area contributed by atoms with Crippen LogP contribution in [0.3, 0.4) is 0 Å². The Morgan fingerprint density at radius 2 is 0.411 bits per heavy atom. The molecule has 56 heavy (non-hydrogen) atoms. The van der Waals surface area contributed by atoms with E-state index in [0.717, 1.165) is 0 Å². The third-order valence-electron chi connectivity index (χ3n) is 7.91. The minimum Gasteiger partial charge on any atom is -0.480 e. The molecule has 0 bridgehead atoms. The molecule has 0 heterocycles. The van der Waals surface area contributed by atoms with Crippen molar-refractivity contribution in [3.63, 3.8) is 0 Å². The van der Waals surface area contributed by atoms with Crippen molar-refractivity contribution >= 4 is 65.0 Å². The van der Waals surface area contributed by atoms with Crippen molar-refractivity contribution < 1.29 is 57.8 Å². The Bertz CT molecular complexity index is 1510. The van der Waals surface area contributed by atoms with Crippen molar-refractivity contribution in [2.45, 2.75) is 143 Å². The van der Waals surface area contributed by atoms with Crippen LogP contribution in [0.15, 0.2) is 0 Å². The molecular weight excluding hydrogens is 742 g/mol. The first-order valence-corrected chi connectivity index (χ1v) is 17.7. The van der Waals surface area contributed by atoms with Gasteiger partial charge in [0.15, 0.2) is 0 Å². The number of nitrogens with one attached hydrogen (secondary N) is 10. The predicted molar refractivity (Wildman–Crippen MR) is 197 cm³/mol. The van der Waals surface area contributed by atoms with Crippen LogP contribution in [-0.4, -0.2) is 137 Å². The average Bonchev–Trinajstić information content (AvgIpc) is 3.10. The van der Waals surface area contributed by atoms with Gasteiger partial charge in [-0.1, -0.05) is 0 Å². The van der Waals surface area contributed by atoms with Crippen LogP contribution in [-0.2, 0) is 52.7 Å². The van der Waals surface area contributed by atoms with Crippen molar-refractivity contribution in [1.82, 2.24) is 53.2 Å². The van der Waals surface area contributed by atoms with Crippen LogP contribution >= 0.6 is 0 Å². The number of aliphatic carboxylic acids is 1. The molecule has 0 aliphatic rings. The lowest BCUT2D eigenvalue weighted by molar-refractivity contribution is -0.141. The second kappa shape index (κ2) is 23.1. The second-order valence-electron chi connectivity index (χ2n) is 13.4. The smallest absolute Gasteiger partial charge is 0.325 e. The fourth-order valence-electron chi connectivity index (χ4n) is 4.04. The molecule has 0 aromatic heterocycles. The molecular formula is C33H57N11O12. The summed E-state index contributed by atoms with van der Waals surface area (Å²) in [5.74, 6) is -8.68. The Balaban J connectivity index is 4.88. The summed E-state index contributed by atoms with van der Waals surface area (Å²) >= 11 is 0. The molecule has 0 saturated carbocycles. The van der Waals surface area contributed by atoms with E-state index in [0.29, 0.717) is 0 Å². The molecule has 0 fully saturated rings. The molecule has 0 unspecified atom stereocenters. The van der Waals surface area contributed by atoms with Gasteiger partial charge in [-0.3, -0.25) is 52.7 Å². The monoisotopic (exact) mass is 799 g/mol. The molecule has 0 aromatic carbocycles. The van der Waals surface area contributed by atoms with Gasteiger partial charge in [0.2, 0.25) is 59.1 Å². The van der Waals surface area contributed by atoms with Crippen molar-refractivity contribution in [3.8, 4) is 0 Å². The predicted octanol–water partition coefficient (Wildman–Crippen LogP) is -5.53. The highest BCUT2D eigenvalue weighted by Gasteiger charge is 2.29. The van der Waals surface area contributed by atoms with Gasteiger partial charge >= 0.3 is 5.97 Å². The number of hydrogen-bond acceptors (Lipinski definition) is 12. The molecule has 23 nitrogen and oxygen atoms in total. The van der Waals surface area contributed by atoms with Crippen LogP contribution in [0.25, 0.3) is 0 Å². The maximum atomic E-state index is 12.7. The summed E-state index contributed by atoms with van der Waals surface area (Å²) in [6.07, 6.45) is 0. The highest BCUT2D eigenvalue weighted by molar-refractivity contribution is 5.98. The molecule has 316 valence electrons. The van der Waals surface area contributed by atoms with E-state index in [1.54, 1.807) is 0 Å². The quantitative estimate of drug-likeness (QED) is 0.0516. The Hall–Kier alpha value is -5.87. The lowest BCUT2D eigenvalue weighted by atomic mass is 10.2. The standard InChI is InChI=1S/C33H57N11O12/c1-12(34)23(45)35-13(2)24(46)36-14(3)25(47)37-15(4)26(48)38-16(5)27(49)39-17(6)28(50)40-18(7)29(51)41-19(8)30(52)42-20(9)31(53)43-21(10)32(54)44-22(11)33(55)56/h12-22H,34H2,1-11H3,(H,35,45)(H,36,46)(H,37,47)(H,38,48)(H,39,49)(H,40,50)(H,41,51)(H,42,52)(H,43,53)(H,44,54)(H,55,56)/t12-,13+,14+,15+,16+,17+,18+,19+,20+,21-,22-/m1/s1. The summed E-state index contributed by atoms with van der Waals surface area (Å²) < 4.78 is 0. The molecule has 0 aromatic rings. The number of carboxylic acid groups (broad SMARTS) is 1. The first kappa shape index (κ1) is 50.1. The van der Waals surface area contributed by atoms with Gasteiger partial charge in [0.25, 0.3) is 0 Å². The van der Waals surface area contributed by atoms with Crippen LogP contribution in [0.4, 0.5) is 0 Å². The van der Waals surface area contributed by atoms with Crippen molar-refractivity contribution in [2.24, 2.45) is 5.73 Å². The summed E-state index contributed by atoms with van der Waals surface area (Å²) in [7, 11) is 0. The van der Waals surface area contributed by atoms with Gasteiger partial charge in [-0.05, 0) is 76.2 Å². The Morgan fingerprint density at radius 3 is 0.536 bits per heavy atom. The van der Waals surface area contributed by atoms with E-state index in [9.17, 15) is 52.7 Å².